The number of rotatable bonds is 6. The van der Waals surface area contributed by atoms with Crippen LogP contribution in [-0.2, 0) is 6.54 Å². The molecule has 2 aromatic carbocycles. The molecule has 3 heteroatoms. The maximum atomic E-state index is 13.3. The lowest BCUT2D eigenvalue weighted by Crippen LogP contribution is -2.16. The van der Waals surface area contributed by atoms with E-state index >= 15 is 0 Å². The minimum absolute atomic E-state index is 0.134. The van der Waals surface area contributed by atoms with Gasteiger partial charge >= 0.3 is 0 Å². The van der Waals surface area contributed by atoms with Crippen molar-refractivity contribution in [3.8, 4) is 0 Å². The number of nitrogens with one attached hydrogen (secondary N) is 1. The average Bonchev–Trinajstić information content (AvgIpc) is 2.42. The van der Waals surface area contributed by atoms with Gasteiger partial charge in [0.05, 0.1) is 0 Å². The molecule has 2 aromatic rings. The quantitative estimate of drug-likeness (QED) is 0.628. The summed E-state index contributed by atoms with van der Waals surface area (Å²) in [4.78, 5) is 0.721. The van der Waals surface area contributed by atoms with E-state index in [1.165, 1.54) is 11.6 Å². The summed E-state index contributed by atoms with van der Waals surface area (Å²) in [5, 5.41) is 3.35. The molecule has 0 unspecified atom stereocenters. The summed E-state index contributed by atoms with van der Waals surface area (Å²) in [6, 6.07) is 17.2. The van der Waals surface area contributed by atoms with E-state index in [4.69, 9.17) is 0 Å². The van der Waals surface area contributed by atoms with Gasteiger partial charge in [0, 0.05) is 23.7 Å². The molecule has 2 rings (SSSR count). The van der Waals surface area contributed by atoms with Gasteiger partial charge in [0.15, 0.2) is 0 Å². The second-order valence-corrected chi connectivity index (χ2v) is 5.08. The van der Waals surface area contributed by atoms with E-state index in [9.17, 15) is 4.39 Å². The zero-order chi connectivity index (χ0) is 12.6. The Hall–Kier alpha value is -1.32. The van der Waals surface area contributed by atoms with Crippen molar-refractivity contribution >= 4 is 11.8 Å². The molecule has 0 aliphatic heterocycles. The molecule has 0 aliphatic rings. The van der Waals surface area contributed by atoms with Gasteiger partial charge < -0.3 is 5.32 Å². The minimum Gasteiger partial charge on any atom is -0.312 e. The predicted octanol–water partition coefficient (Wildman–Crippen LogP) is 3.71. The van der Waals surface area contributed by atoms with Crippen LogP contribution in [0.1, 0.15) is 5.56 Å². The highest BCUT2D eigenvalue weighted by Gasteiger charge is 2.00. The van der Waals surface area contributed by atoms with Crippen LogP contribution in [0.4, 0.5) is 4.39 Å². The lowest BCUT2D eigenvalue weighted by Gasteiger charge is -2.05. The molecule has 0 atom stereocenters. The first-order valence-corrected chi connectivity index (χ1v) is 6.97. The van der Waals surface area contributed by atoms with E-state index in [1.807, 2.05) is 30.3 Å². The van der Waals surface area contributed by atoms with Crippen LogP contribution in [0, 0.1) is 5.82 Å². The molecule has 0 amide bonds. The van der Waals surface area contributed by atoms with Crippen LogP contribution in [0.25, 0.3) is 0 Å². The van der Waals surface area contributed by atoms with Gasteiger partial charge in [-0.15, -0.1) is 11.8 Å². The van der Waals surface area contributed by atoms with Crippen molar-refractivity contribution in [2.75, 3.05) is 12.3 Å². The van der Waals surface area contributed by atoms with E-state index in [0.29, 0.717) is 0 Å². The number of hydrogen-bond acceptors (Lipinski definition) is 2. The lowest BCUT2D eigenvalue weighted by molar-refractivity contribution is 0.602. The zero-order valence-electron chi connectivity index (χ0n) is 10.1. The standard InChI is InChI=1S/C15H16FNS/c16-14-8-4-5-9-15(14)18-11-10-17-12-13-6-2-1-3-7-13/h1-9,17H,10-12H2. The summed E-state index contributed by atoms with van der Waals surface area (Å²) in [6.07, 6.45) is 0. The fraction of sp³-hybridized carbons (Fsp3) is 0.200. The van der Waals surface area contributed by atoms with Crippen LogP contribution in [0.5, 0.6) is 0 Å². The summed E-state index contributed by atoms with van der Waals surface area (Å²) in [7, 11) is 0. The number of benzene rings is 2. The van der Waals surface area contributed by atoms with E-state index in [1.54, 1.807) is 17.8 Å². The van der Waals surface area contributed by atoms with Crippen LogP contribution in [-0.4, -0.2) is 12.3 Å². The highest BCUT2D eigenvalue weighted by Crippen LogP contribution is 2.20. The summed E-state index contributed by atoms with van der Waals surface area (Å²) < 4.78 is 13.3. The third-order valence-corrected chi connectivity index (χ3v) is 3.60. The zero-order valence-corrected chi connectivity index (χ0v) is 10.9. The number of halogens is 1. The summed E-state index contributed by atoms with van der Waals surface area (Å²) >= 11 is 1.54. The largest absolute Gasteiger partial charge is 0.312 e. The number of hydrogen-bond donors (Lipinski definition) is 1. The second-order valence-electron chi connectivity index (χ2n) is 3.94. The van der Waals surface area contributed by atoms with Gasteiger partial charge in [0.25, 0.3) is 0 Å². The molecule has 0 spiro atoms. The van der Waals surface area contributed by atoms with Crippen LogP contribution in [0.3, 0.4) is 0 Å². The normalized spacial score (nSPS) is 10.5. The fourth-order valence-corrected chi connectivity index (χ4v) is 2.47. The molecular weight excluding hydrogens is 245 g/mol. The van der Waals surface area contributed by atoms with Crippen molar-refractivity contribution in [2.45, 2.75) is 11.4 Å². The topological polar surface area (TPSA) is 12.0 Å². The van der Waals surface area contributed by atoms with Crippen molar-refractivity contribution in [1.29, 1.82) is 0 Å². The van der Waals surface area contributed by atoms with Crippen molar-refractivity contribution in [2.24, 2.45) is 0 Å². The van der Waals surface area contributed by atoms with E-state index < -0.39 is 0 Å². The van der Waals surface area contributed by atoms with Gasteiger partial charge in [0.2, 0.25) is 0 Å². The smallest absolute Gasteiger partial charge is 0.136 e. The lowest BCUT2D eigenvalue weighted by atomic mass is 10.2. The molecule has 0 aliphatic carbocycles. The highest BCUT2D eigenvalue weighted by molar-refractivity contribution is 7.99. The van der Waals surface area contributed by atoms with Gasteiger partial charge in [-0.2, -0.15) is 0 Å². The molecule has 1 nitrogen and oxygen atoms in total. The molecule has 0 heterocycles. The Balaban J connectivity index is 1.66. The highest BCUT2D eigenvalue weighted by atomic mass is 32.2. The summed E-state index contributed by atoms with van der Waals surface area (Å²) in [6.45, 7) is 1.73. The third-order valence-electron chi connectivity index (χ3n) is 2.55. The summed E-state index contributed by atoms with van der Waals surface area (Å²) in [5.74, 6) is 0.735. The predicted molar refractivity (Wildman–Crippen MR) is 75.3 cm³/mol. The van der Waals surface area contributed by atoms with E-state index in [2.05, 4.69) is 17.4 Å². The Morgan fingerprint density at radius 2 is 1.67 bits per heavy atom. The number of thioether (sulfide) groups is 1. The molecule has 0 aromatic heterocycles. The first-order valence-electron chi connectivity index (χ1n) is 5.98. The van der Waals surface area contributed by atoms with Crippen LogP contribution >= 0.6 is 11.8 Å². The van der Waals surface area contributed by atoms with E-state index in [0.717, 1.165) is 23.7 Å². The van der Waals surface area contributed by atoms with Gasteiger partial charge in [-0.3, -0.25) is 0 Å². The van der Waals surface area contributed by atoms with Crippen LogP contribution < -0.4 is 5.32 Å². The fourth-order valence-electron chi connectivity index (χ4n) is 1.62. The maximum absolute atomic E-state index is 13.3. The van der Waals surface area contributed by atoms with Gasteiger partial charge in [-0.1, -0.05) is 42.5 Å². The summed E-state index contributed by atoms with van der Waals surface area (Å²) in [5.41, 5.74) is 1.27. The molecule has 94 valence electrons. The van der Waals surface area contributed by atoms with Crippen LogP contribution in [0.2, 0.25) is 0 Å². The molecule has 0 bridgehead atoms. The molecule has 0 saturated carbocycles. The molecule has 0 radical (unpaired) electrons. The second kappa shape index (κ2) is 7.19. The average molecular weight is 261 g/mol. The Labute approximate surface area is 111 Å². The molecule has 0 saturated heterocycles. The SMILES string of the molecule is Fc1ccccc1SCCNCc1ccccc1. The monoisotopic (exact) mass is 261 g/mol. The Kier molecular flexibility index (Phi) is 5.24. The van der Waals surface area contributed by atoms with Gasteiger partial charge in [0.1, 0.15) is 5.82 Å². The van der Waals surface area contributed by atoms with Crippen molar-refractivity contribution in [3.63, 3.8) is 0 Å². The Bertz CT molecular complexity index is 473. The molecule has 0 fully saturated rings. The van der Waals surface area contributed by atoms with Crippen molar-refractivity contribution in [1.82, 2.24) is 5.32 Å². The third kappa shape index (κ3) is 4.17. The maximum Gasteiger partial charge on any atom is 0.136 e. The minimum atomic E-state index is -0.134. The Morgan fingerprint density at radius 3 is 2.44 bits per heavy atom. The molecule has 1 N–H and O–H groups in total. The van der Waals surface area contributed by atoms with Gasteiger partial charge in [-0.05, 0) is 17.7 Å². The first kappa shape index (κ1) is 13.1. The molecule has 18 heavy (non-hydrogen) atoms. The van der Waals surface area contributed by atoms with Gasteiger partial charge in [-0.25, -0.2) is 4.39 Å². The van der Waals surface area contributed by atoms with Crippen LogP contribution in [0.15, 0.2) is 59.5 Å². The van der Waals surface area contributed by atoms with Crippen molar-refractivity contribution in [3.05, 3.63) is 66.0 Å². The first-order chi connectivity index (χ1) is 8.86. The van der Waals surface area contributed by atoms with Crippen molar-refractivity contribution < 1.29 is 4.39 Å². The van der Waals surface area contributed by atoms with E-state index in [-0.39, 0.29) is 5.82 Å². The Morgan fingerprint density at radius 1 is 0.944 bits per heavy atom. The molecular formula is C15H16FNS.